The second kappa shape index (κ2) is 7.59. The van der Waals surface area contributed by atoms with Crippen molar-refractivity contribution >= 4 is 0 Å². The Kier molecular flexibility index (Phi) is 5.05. The molecule has 2 heteroatoms. The van der Waals surface area contributed by atoms with Crippen LogP contribution in [0.4, 0.5) is 0 Å². The van der Waals surface area contributed by atoms with Gasteiger partial charge in [-0.25, -0.2) is 0 Å². The van der Waals surface area contributed by atoms with Crippen LogP contribution in [0.5, 0.6) is 0 Å². The minimum Gasteiger partial charge on any atom is -0.466 e. The van der Waals surface area contributed by atoms with Gasteiger partial charge in [-0.1, -0.05) is 60.7 Å². The Hall–Kier alpha value is -2.61. The largest absolute Gasteiger partial charge is 0.466 e. The fourth-order valence-corrected chi connectivity index (χ4v) is 2.66. The van der Waals surface area contributed by atoms with E-state index in [1.807, 2.05) is 36.4 Å². The number of aryl methyl sites for hydroxylation is 4. The average Bonchev–Trinajstić information content (AvgIpc) is 2.60. The fourth-order valence-electron chi connectivity index (χ4n) is 2.66. The van der Waals surface area contributed by atoms with Crippen molar-refractivity contribution in [2.45, 2.75) is 25.7 Å². The smallest absolute Gasteiger partial charge is 0.185 e. The Labute approximate surface area is 136 Å². The molecule has 23 heavy (non-hydrogen) atoms. The third kappa shape index (κ3) is 4.68. The van der Waals surface area contributed by atoms with E-state index in [-0.39, 0.29) is 5.43 Å². The maximum absolute atomic E-state index is 11.9. The zero-order valence-corrected chi connectivity index (χ0v) is 13.1. The van der Waals surface area contributed by atoms with Crippen molar-refractivity contribution in [3.63, 3.8) is 0 Å². The van der Waals surface area contributed by atoms with Crippen molar-refractivity contribution < 1.29 is 4.42 Å². The monoisotopic (exact) mass is 304 g/mol. The predicted octanol–water partition coefficient (Wildman–Crippen LogP) is 4.21. The zero-order chi connectivity index (χ0) is 15.9. The van der Waals surface area contributed by atoms with E-state index in [0.717, 1.165) is 37.2 Å². The Morgan fingerprint density at radius 1 is 0.609 bits per heavy atom. The van der Waals surface area contributed by atoms with Crippen molar-refractivity contribution in [2.24, 2.45) is 0 Å². The topological polar surface area (TPSA) is 30.2 Å². The Balaban J connectivity index is 1.65. The van der Waals surface area contributed by atoms with Gasteiger partial charge < -0.3 is 4.42 Å². The van der Waals surface area contributed by atoms with Crippen LogP contribution in [0.25, 0.3) is 0 Å². The second-order valence-corrected chi connectivity index (χ2v) is 5.70. The summed E-state index contributed by atoms with van der Waals surface area (Å²) in [7, 11) is 0. The summed E-state index contributed by atoms with van der Waals surface area (Å²) in [6.45, 7) is 0. The molecule has 0 aliphatic heterocycles. The molecule has 3 aromatic rings. The summed E-state index contributed by atoms with van der Waals surface area (Å²) in [6, 6.07) is 23.7. The lowest BCUT2D eigenvalue weighted by atomic mass is 10.1. The molecule has 116 valence electrons. The Morgan fingerprint density at radius 2 is 1.04 bits per heavy atom. The van der Waals surface area contributed by atoms with E-state index in [0.29, 0.717) is 0 Å². The van der Waals surface area contributed by atoms with Crippen molar-refractivity contribution in [1.29, 1.82) is 0 Å². The maximum Gasteiger partial charge on any atom is 0.185 e. The first kappa shape index (κ1) is 15.3. The van der Waals surface area contributed by atoms with Crippen LogP contribution >= 0.6 is 0 Å². The summed E-state index contributed by atoms with van der Waals surface area (Å²) in [5.41, 5.74) is 2.54. The molecule has 0 unspecified atom stereocenters. The lowest BCUT2D eigenvalue weighted by Gasteiger charge is -2.05. The molecule has 0 aliphatic rings. The first-order chi connectivity index (χ1) is 11.3. The molecule has 0 amide bonds. The van der Waals surface area contributed by atoms with E-state index in [2.05, 4.69) is 24.3 Å². The van der Waals surface area contributed by atoms with E-state index in [1.165, 1.54) is 11.1 Å². The van der Waals surface area contributed by atoms with Crippen LogP contribution in [0.15, 0.2) is 82.0 Å². The highest BCUT2D eigenvalue weighted by molar-refractivity contribution is 5.18. The minimum absolute atomic E-state index is 0.0300. The summed E-state index contributed by atoms with van der Waals surface area (Å²) in [5.74, 6) is 1.54. The lowest BCUT2D eigenvalue weighted by Crippen LogP contribution is -2.05. The van der Waals surface area contributed by atoms with Gasteiger partial charge in [-0.15, -0.1) is 0 Å². The van der Waals surface area contributed by atoms with Crippen molar-refractivity contribution in [2.75, 3.05) is 0 Å². The zero-order valence-electron chi connectivity index (χ0n) is 13.1. The van der Waals surface area contributed by atoms with Crippen LogP contribution in [0.3, 0.4) is 0 Å². The SMILES string of the molecule is O=c1cc(CCc2ccccc2)oc(CCc2ccccc2)c1. The highest BCUT2D eigenvalue weighted by Gasteiger charge is 2.04. The molecule has 0 saturated heterocycles. The van der Waals surface area contributed by atoms with E-state index in [9.17, 15) is 4.79 Å². The first-order valence-corrected chi connectivity index (χ1v) is 8.00. The fraction of sp³-hybridized carbons (Fsp3) is 0.190. The molecule has 0 aliphatic carbocycles. The Morgan fingerprint density at radius 3 is 1.48 bits per heavy atom. The highest BCUT2D eigenvalue weighted by Crippen LogP contribution is 2.10. The first-order valence-electron chi connectivity index (χ1n) is 8.00. The van der Waals surface area contributed by atoms with Crippen molar-refractivity contribution in [3.05, 3.63) is 106 Å². The van der Waals surface area contributed by atoms with E-state index >= 15 is 0 Å². The minimum atomic E-state index is 0.0300. The normalized spacial score (nSPS) is 10.6. The van der Waals surface area contributed by atoms with Crippen molar-refractivity contribution in [1.82, 2.24) is 0 Å². The average molecular weight is 304 g/mol. The van der Waals surface area contributed by atoms with Gasteiger partial charge in [0, 0.05) is 25.0 Å². The molecule has 0 fully saturated rings. The van der Waals surface area contributed by atoms with Gasteiger partial charge in [-0.2, -0.15) is 0 Å². The molecule has 1 aromatic heterocycles. The standard InChI is InChI=1S/C21H20O2/c22-19-15-20(13-11-17-7-3-1-4-8-17)23-21(16-19)14-12-18-9-5-2-6-10-18/h1-10,15-16H,11-14H2. The van der Waals surface area contributed by atoms with E-state index in [1.54, 1.807) is 12.1 Å². The highest BCUT2D eigenvalue weighted by atomic mass is 16.3. The van der Waals surface area contributed by atoms with Crippen LogP contribution in [0.2, 0.25) is 0 Å². The molecule has 0 spiro atoms. The van der Waals surface area contributed by atoms with Crippen LogP contribution in [-0.2, 0) is 25.7 Å². The molecule has 3 rings (SSSR count). The van der Waals surface area contributed by atoms with Gasteiger partial charge in [0.2, 0.25) is 0 Å². The van der Waals surface area contributed by atoms with Gasteiger partial charge in [0.15, 0.2) is 5.43 Å². The quantitative estimate of drug-likeness (QED) is 0.683. The number of rotatable bonds is 6. The molecule has 0 N–H and O–H groups in total. The third-order valence-corrected chi connectivity index (χ3v) is 3.87. The number of benzene rings is 2. The molecular weight excluding hydrogens is 284 g/mol. The molecular formula is C21H20O2. The van der Waals surface area contributed by atoms with E-state index in [4.69, 9.17) is 4.42 Å². The number of hydrogen-bond donors (Lipinski definition) is 0. The van der Waals surface area contributed by atoms with Gasteiger partial charge >= 0.3 is 0 Å². The second-order valence-electron chi connectivity index (χ2n) is 5.70. The summed E-state index contributed by atoms with van der Waals surface area (Å²) in [5, 5.41) is 0. The third-order valence-electron chi connectivity index (χ3n) is 3.87. The van der Waals surface area contributed by atoms with Gasteiger partial charge in [0.25, 0.3) is 0 Å². The molecule has 0 atom stereocenters. The van der Waals surface area contributed by atoms with Crippen molar-refractivity contribution in [3.8, 4) is 0 Å². The van der Waals surface area contributed by atoms with Gasteiger partial charge in [-0.3, -0.25) is 4.79 Å². The van der Waals surface area contributed by atoms with Gasteiger partial charge in [0.05, 0.1) is 0 Å². The van der Waals surface area contributed by atoms with Gasteiger partial charge in [-0.05, 0) is 24.0 Å². The summed E-state index contributed by atoms with van der Waals surface area (Å²) >= 11 is 0. The molecule has 2 nitrogen and oxygen atoms in total. The molecule has 0 saturated carbocycles. The molecule has 1 heterocycles. The maximum atomic E-state index is 11.9. The molecule has 0 bridgehead atoms. The predicted molar refractivity (Wildman–Crippen MR) is 92.7 cm³/mol. The van der Waals surface area contributed by atoms with Crippen LogP contribution < -0.4 is 5.43 Å². The van der Waals surface area contributed by atoms with Gasteiger partial charge in [0.1, 0.15) is 11.5 Å². The molecule has 0 radical (unpaired) electrons. The van der Waals surface area contributed by atoms with E-state index < -0.39 is 0 Å². The lowest BCUT2D eigenvalue weighted by molar-refractivity contribution is 0.444. The summed E-state index contributed by atoms with van der Waals surface area (Å²) < 4.78 is 5.90. The summed E-state index contributed by atoms with van der Waals surface area (Å²) in [4.78, 5) is 11.9. The Bertz CT molecular complexity index is 724. The van der Waals surface area contributed by atoms with Crippen LogP contribution in [-0.4, -0.2) is 0 Å². The number of hydrogen-bond acceptors (Lipinski definition) is 2. The summed E-state index contributed by atoms with van der Waals surface area (Å²) in [6.07, 6.45) is 3.26. The van der Waals surface area contributed by atoms with Crippen LogP contribution in [0, 0.1) is 0 Å². The molecule has 2 aromatic carbocycles. The van der Waals surface area contributed by atoms with Crippen LogP contribution in [0.1, 0.15) is 22.6 Å².